The van der Waals surface area contributed by atoms with E-state index in [9.17, 15) is 5.11 Å². The van der Waals surface area contributed by atoms with Crippen LogP contribution in [0.3, 0.4) is 0 Å². The van der Waals surface area contributed by atoms with Crippen LogP contribution >= 0.6 is 0 Å². The Labute approximate surface area is 127 Å². The lowest BCUT2D eigenvalue weighted by Gasteiger charge is -2.24. The van der Waals surface area contributed by atoms with Gasteiger partial charge in [-0.15, -0.1) is 0 Å². The highest BCUT2D eigenvalue weighted by Crippen LogP contribution is 2.43. The zero-order valence-corrected chi connectivity index (χ0v) is 12.9. The van der Waals surface area contributed by atoms with Crippen molar-refractivity contribution in [2.45, 2.75) is 88.6 Å². The maximum atomic E-state index is 10.2. The van der Waals surface area contributed by atoms with Crippen molar-refractivity contribution < 1.29 is 9.84 Å². The maximum absolute atomic E-state index is 10.2. The fraction of sp³-hybridized carbons (Fsp3) is 0.778. The van der Waals surface area contributed by atoms with Crippen LogP contribution < -0.4 is 0 Å². The molecule has 116 valence electrons. The Kier molecular flexibility index (Phi) is 3.58. The second-order valence-corrected chi connectivity index (χ2v) is 7.37. The fourth-order valence-electron chi connectivity index (χ4n) is 4.64. The van der Waals surface area contributed by atoms with Crippen LogP contribution in [0, 0.1) is 0 Å². The van der Waals surface area contributed by atoms with Crippen LogP contribution in [0.15, 0.2) is 12.4 Å². The van der Waals surface area contributed by atoms with E-state index in [0.717, 1.165) is 25.8 Å². The predicted octanol–water partition coefficient (Wildman–Crippen LogP) is 3.74. The summed E-state index contributed by atoms with van der Waals surface area (Å²) >= 11 is 0. The first-order chi connectivity index (χ1) is 10.2. The SMILES string of the molecule is OC1CCCCc2cn(CC3CCC4(CCCC4)O3)cc21. The standard InChI is InChI=1S/C18H27NO2/c20-17-6-2-1-5-14-11-19(13-16(14)17)12-15-7-10-18(21-15)8-3-4-9-18/h11,13,15,17,20H,1-10,12H2. The molecule has 0 amide bonds. The summed E-state index contributed by atoms with van der Waals surface area (Å²) in [6, 6.07) is 0. The van der Waals surface area contributed by atoms with Gasteiger partial charge in [0.25, 0.3) is 0 Å². The van der Waals surface area contributed by atoms with Gasteiger partial charge in [0.1, 0.15) is 0 Å². The smallest absolute Gasteiger partial charge is 0.0807 e. The Hall–Kier alpha value is -0.800. The van der Waals surface area contributed by atoms with Crippen molar-refractivity contribution >= 4 is 0 Å². The molecule has 3 nitrogen and oxygen atoms in total. The van der Waals surface area contributed by atoms with E-state index >= 15 is 0 Å². The molecule has 3 aliphatic rings. The molecule has 1 saturated carbocycles. The number of fused-ring (bicyclic) bond motifs is 1. The first kappa shape index (κ1) is 13.8. The molecule has 2 aliphatic carbocycles. The highest BCUT2D eigenvalue weighted by Gasteiger charge is 2.42. The normalized spacial score (nSPS) is 31.5. The lowest BCUT2D eigenvalue weighted by atomic mass is 9.98. The molecule has 21 heavy (non-hydrogen) atoms. The summed E-state index contributed by atoms with van der Waals surface area (Å²) in [6.45, 7) is 0.960. The molecular weight excluding hydrogens is 262 g/mol. The number of hydrogen-bond acceptors (Lipinski definition) is 2. The zero-order valence-electron chi connectivity index (χ0n) is 12.9. The molecule has 1 aliphatic heterocycles. The molecule has 2 fully saturated rings. The van der Waals surface area contributed by atoms with Gasteiger partial charge >= 0.3 is 0 Å². The number of rotatable bonds is 2. The van der Waals surface area contributed by atoms with Crippen LogP contribution in [0.4, 0.5) is 0 Å². The second kappa shape index (κ2) is 5.44. The molecule has 0 bridgehead atoms. The fourth-order valence-corrected chi connectivity index (χ4v) is 4.64. The lowest BCUT2D eigenvalue weighted by molar-refractivity contribution is -0.0418. The molecule has 1 saturated heterocycles. The van der Waals surface area contributed by atoms with Crippen molar-refractivity contribution in [3.63, 3.8) is 0 Å². The molecule has 1 aromatic heterocycles. The van der Waals surface area contributed by atoms with E-state index < -0.39 is 0 Å². The topological polar surface area (TPSA) is 34.4 Å². The minimum atomic E-state index is -0.255. The molecular formula is C18H27NO2. The van der Waals surface area contributed by atoms with E-state index in [1.165, 1.54) is 56.1 Å². The number of aromatic nitrogens is 1. The predicted molar refractivity (Wildman–Crippen MR) is 82.3 cm³/mol. The van der Waals surface area contributed by atoms with Crippen LogP contribution in [0.2, 0.25) is 0 Å². The number of aryl methyl sites for hydroxylation is 1. The Morgan fingerprint density at radius 3 is 2.81 bits per heavy atom. The minimum absolute atomic E-state index is 0.231. The lowest BCUT2D eigenvalue weighted by Crippen LogP contribution is -2.26. The van der Waals surface area contributed by atoms with Crippen molar-refractivity contribution in [3.8, 4) is 0 Å². The number of aliphatic hydroxyl groups excluding tert-OH is 1. The molecule has 2 unspecified atom stereocenters. The number of nitrogens with zero attached hydrogens (tertiary/aromatic N) is 1. The largest absolute Gasteiger partial charge is 0.388 e. The van der Waals surface area contributed by atoms with Crippen molar-refractivity contribution in [2.24, 2.45) is 0 Å². The highest BCUT2D eigenvalue weighted by atomic mass is 16.5. The van der Waals surface area contributed by atoms with Gasteiger partial charge in [-0.05, 0) is 50.5 Å². The third-order valence-corrected chi connectivity index (χ3v) is 5.80. The highest BCUT2D eigenvalue weighted by molar-refractivity contribution is 5.28. The summed E-state index contributed by atoms with van der Waals surface area (Å²) in [5.74, 6) is 0. The average Bonchev–Trinajstić information content (AvgIpc) is 3.16. The van der Waals surface area contributed by atoms with Crippen LogP contribution in [-0.2, 0) is 17.7 Å². The first-order valence-corrected chi connectivity index (χ1v) is 8.79. The molecule has 1 N–H and O–H groups in total. The molecule has 3 heteroatoms. The minimum Gasteiger partial charge on any atom is -0.388 e. The van der Waals surface area contributed by atoms with Gasteiger partial charge in [0.2, 0.25) is 0 Å². The molecule has 2 heterocycles. The van der Waals surface area contributed by atoms with Gasteiger partial charge in [0, 0.05) is 24.5 Å². The van der Waals surface area contributed by atoms with Gasteiger partial charge in [-0.2, -0.15) is 0 Å². The van der Waals surface area contributed by atoms with Crippen LogP contribution in [0.5, 0.6) is 0 Å². The maximum Gasteiger partial charge on any atom is 0.0807 e. The number of ether oxygens (including phenoxy) is 1. The summed E-state index contributed by atoms with van der Waals surface area (Å²) in [5.41, 5.74) is 2.75. The van der Waals surface area contributed by atoms with Crippen molar-refractivity contribution in [1.29, 1.82) is 0 Å². The molecule has 0 radical (unpaired) electrons. The van der Waals surface area contributed by atoms with E-state index in [0.29, 0.717) is 6.10 Å². The quantitative estimate of drug-likeness (QED) is 0.842. The summed E-state index contributed by atoms with van der Waals surface area (Å²) in [6.07, 6.45) is 16.6. The van der Waals surface area contributed by atoms with Gasteiger partial charge in [-0.1, -0.05) is 19.3 Å². The second-order valence-electron chi connectivity index (χ2n) is 7.37. The molecule has 2 atom stereocenters. The van der Waals surface area contributed by atoms with Gasteiger partial charge in [0.15, 0.2) is 0 Å². The molecule has 1 aromatic rings. The number of aliphatic hydroxyl groups is 1. The van der Waals surface area contributed by atoms with Gasteiger partial charge < -0.3 is 14.4 Å². The Morgan fingerprint density at radius 2 is 1.95 bits per heavy atom. The summed E-state index contributed by atoms with van der Waals surface area (Å²) in [4.78, 5) is 0. The zero-order chi connectivity index (χ0) is 14.3. The Balaban J connectivity index is 1.45. The molecule has 0 aromatic carbocycles. The summed E-state index contributed by atoms with van der Waals surface area (Å²) < 4.78 is 8.69. The summed E-state index contributed by atoms with van der Waals surface area (Å²) in [7, 11) is 0. The van der Waals surface area contributed by atoms with Crippen LogP contribution in [0.25, 0.3) is 0 Å². The average molecular weight is 289 g/mol. The van der Waals surface area contributed by atoms with E-state index in [1.54, 1.807) is 0 Å². The molecule has 1 spiro atoms. The van der Waals surface area contributed by atoms with Crippen LogP contribution in [-0.4, -0.2) is 21.4 Å². The van der Waals surface area contributed by atoms with Gasteiger partial charge in [-0.3, -0.25) is 0 Å². The van der Waals surface area contributed by atoms with Crippen LogP contribution in [0.1, 0.15) is 75.0 Å². The van der Waals surface area contributed by atoms with E-state index in [2.05, 4.69) is 17.0 Å². The van der Waals surface area contributed by atoms with E-state index in [-0.39, 0.29) is 11.7 Å². The van der Waals surface area contributed by atoms with Crippen molar-refractivity contribution in [3.05, 3.63) is 23.5 Å². The summed E-state index contributed by atoms with van der Waals surface area (Å²) in [5, 5.41) is 10.2. The van der Waals surface area contributed by atoms with Crippen molar-refractivity contribution in [2.75, 3.05) is 0 Å². The monoisotopic (exact) mass is 289 g/mol. The third kappa shape index (κ3) is 2.66. The first-order valence-electron chi connectivity index (χ1n) is 8.79. The van der Waals surface area contributed by atoms with E-state index in [4.69, 9.17) is 4.74 Å². The third-order valence-electron chi connectivity index (χ3n) is 5.80. The van der Waals surface area contributed by atoms with Gasteiger partial charge in [-0.25, -0.2) is 0 Å². The Morgan fingerprint density at radius 1 is 1.10 bits per heavy atom. The Bertz CT molecular complexity index is 501. The van der Waals surface area contributed by atoms with Gasteiger partial charge in [0.05, 0.1) is 17.8 Å². The number of hydrogen-bond donors (Lipinski definition) is 1. The molecule has 4 rings (SSSR count). The van der Waals surface area contributed by atoms with E-state index in [1.807, 2.05) is 0 Å². The van der Waals surface area contributed by atoms with Crippen molar-refractivity contribution in [1.82, 2.24) is 4.57 Å².